The highest BCUT2D eigenvalue weighted by Gasteiger charge is 2.34. The molecule has 2 aliphatic carbocycles. The van der Waals surface area contributed by atoms with Gasteiger partial charge in [-0.2, -0.15) is 0 Å². The zero-order valence-electron chi connectivity index (χ0n) is 11.3. The molecule has 0 radical (unpaired) electrons. The first-order chi connectivity index (χ1) is 9.28. The van der Waals surface area contributed by atoms with Crippen LogP contribution < -0.4 is 4.90 Å². The minimum atomic E-state index is -0.290. The number of carbonyl (C=O) groups is 1. The molecule has 2 fully saturated rings. The van der Waals surface area contributed by atoms with Crippen LogP contribution in [-0.2, 0) is 4.74 Å². The minimum absolute atomic E-state index is 0.290. The number of rotatable bonds is 6. The fourth-order valence-corrected chi connectivity index (χ4v) is 2.29. The third-order valence-electron chi connectivity index (χ3n) is 3.69. The van der Waals surface area contributed by atoms with Crippen molar-refractivity contribution in [3.63, 3.8) is 0 Å². The summed E-state index contributed by atoms with van der Waals surface area (Å²) < 4.78 is 4.97. The Morgan fingerprint density at radius 2 is 2.16 bits per heavy atom. The quantitative estimate of drug-likeness (QED) is 0.737. The Morgan fingerprint density at radius 3 is 2.68 bits per heavy atom. The summed E-state index contributed by atoms with van der Waals surface area (Å²) >= 11 is 0. The number of ether oxygens (including phenoxy) is 1. The summed E-state index contributed by atoms with van der Waals surface area (Å²) in [6.45, 7) is 3.33. The molecular weight excluding hydrogens is 240 g/mol. The summed E-state index contributed by atoms with van der Waals surface area (Å²) in [5, 5.41) is 0. The van der Waals surface area contributed by atoms with Crippen LogP contribution in [0, 0.1) is 5.92 Å². The van der Waals surface area contributed by atoms with Gasteiger partial charge in [-0.1, -0.05) is 0 Å². The highest BCUT2D eigenvalue weighted by Crippen LogP contribution is 2.36. The lowest BCUT2D eigenvalue weighted by molar-refractivity contribution is 0.0526. The Bertz CT molecular complexity index is 450. The zero-order chi connectivity index (χ0) is 13.2. The molecule has 0 spiro atoms. The Morgan fingerprint density at radius 1 is 1.37 bits per heavy atom. The second kappa shape index (κ2) is 5.19. The van der Waals surface area contributed by atoms with E-state index in [0.29, 0.717) is 18.2 Å². The highest BCUT2D eigenvalue weighted by atomic mass is 16.5. The SMILES string of the molecule is CCOC(=O)c1ccc(N(CC2CC2)C2CC2)nc1. The molecule has 0 atom stereocenters. The van der Waals surface area contributed by atoms with Gasteiger partial charge in [-0.15, -0.1) is 0 Å². The minimum Gasteiger partial charge on any atom is -0.462 e. The number of hydrogen-bond acceptors (Lipinski definition) is 4. The van der Waals surface area contributed by atoms with E-state index in [1.54, 1.807) is 6.20 Å². The molecule has 4 heteroatoms. The molecule has 0 aromatic carbocycles. The van der Waals surface area contributed by atoms with Crippen LogP contribution in [0.2, 0.25) is 0 Å². The number of pyridine rings is 1. The van der Waals surface area contributed by atoms with Gasteiger partial charge in [0.1, 0.15) is 5.82 Å². The van der Waals surface area contributed by atoms with Crippen LogP contribution in [0.25, 0.3) is 0 Å². The van der Waals surface area contributed by atoms with Crippen molar-refractivity contribution >= 4 is 11.8 Å². The van der Waals surface area contributed by atoms with E-state index in [1.807, 2.05) is 19.1 Å². The van der Waals surface area contributed by atoms with Gasteiger partial charge < -0.3 is 9.64 Å². The monoisotopic (exact) mass is 260 g/mol. The average Bonchev–Trinajstić information content (AvgIpc) is 3.28. The molecule has 3 rings (SSSR count). The highest BCUT2D eigenvalue weighted by molar-refractivity contribution is 5.89. The second-order valence-electron chi connectivity index (χ2n) is 5.45. The van der Waals surface area contributed by atoms with Crippen LogP contribution >= 0.6 is 0 Å². The van der Waals surface area contributed by atoms with Crippen LogP contribution in [0.4, 0.5) is 5.82 Å². The molecule has 2 saturated carbocycles. The van der Waals surface area contributed by atoms with Gasteiger partial charge in [0, 0.05) is 18.8 Å². The second-order valence-corrected chi connectivity index (χ2v) is 5.45. The lowest BCUT2D eigenvalue weighted by Crippen LogP contribution is -2.28. The van der Waals surface area contributed by atoms with Crippen LogP contribution in [0.1, 0.15) is 43.0 Å². The summed E-state index contributed by atoms with van der Waals surface area (Å²) in [5.74, 6) is 1.57. The number of esters is 1. The molecule has 0 unspecified atom stereocenters. The molecule has 0 bridgehead atoms. The maximum Gasteiger partial charge on any atom is 0.339 e. The van der Waals surface area contributed by atoms with E-state index in [4.69, 9.17) is 4.74 Å². The number of hydrogen-bond donors (Lipinski definition) is 0. The van der Waals surface area contributed by atoms with Crippen molar-refractivity contribution in [1.82, 2.24) is 4.98 Å². The summed E-state index contributed by atoms with van der Waals surface area (Å²) in [7, 11) is 0. The smallest absolute Gasteiger partial charge is 0.339 e. The van der Waals surface area contributed by atoms with E-state index in [2.05, 4.69) is 9.88 Å². The van der Waals surface area contributed by atoms with Crippen LogP contribution in [0.5, 0.6) is 0 Å². The number of carbonyl (C=O) groups excluding carboxylic acids is 1. The first-order valence-corrected chi connectivity index (χ1v) is 7.17. The van der Waals surface area contributed by atoms with Gasteiger partial charge in [-0.05, 0) is 50.7 Å². The predicted molar refractivity (Wildman–Crippen MR) is 73.3 cm³/mol. The van der Waals surface area contributed by atoms with Crippen molar-refractivity contribution in [2.24, 2.45) is 5.92 Å². The van der Waals surface area contributed by atoms with Gasteiger partial charge in [0.05, 0.1) is 12.2 Å². The number of nitrogens with zero attached hydrogens (tertiary/aromatic N) is 2. The van der Waals surface area contributed by atoms with E-state index < -0.39 is 0 Å². The van der Waals surface area contributed by atoms with Crippen molar-refractivity contribution in [3.8, 4) is 0 Å². The standard InChI is InChI=1S/C15H20N2O2/c1-2-19-15(18)12-5-8-14(16-9-12)17(13-6-7-13)10-11-3-4-11/h5,8-9,11,13H,2-4,6-7,10H2,1H3. The summed E-state index contributed by atoms with van der Waals surface area (Å²) in [4.78, 5) is 18.4. The summed E-state index contributed by atoms with van der Waals surface area (Å²) in [5.41, 5.74) is 0.535. The molecule has 0 amide bonds. The van der Waals surface area contributed by atoms with Crippen molar-refractivity contribution in [3.05, 3.63) is 23.9 Å². The first-order valence-electron chi connectivity index (χ1n) is 7.17. The molecule has 1 aromatic rings. The normalized spacial score (nSPS) is 18.2. The predicted octanol–water partition coefficient (Wildman–Crippen LogP) is 2.64. The van der Waals surface area contributed by atoms with E-state index in [-0.39, 0.29) is 5.97 Å². The van der Waals surface area contributed by atoms with E-state index in [0.717, 1.165) is 18.3 Å². The first kappa shape index (κ1) is 12.5. The van der Waals surface area contributed by atoms with Gasteiger partial charge in [0.15, 0.2) is 0 Å². The molecule has 4 nitrogen and oxygen atoms in total. The fourth-order valence-electron chi connectivity index (χ4n) is 2.29. The summed E-state index contributed by atoms with van der Waals surface area (Å²) in [6.07, 6.45) is 6.88. The maximum absolute atomic E-state index is 11.6. The van der Waals surface area contributed by atoms with Crippen molar-refractivity contribution < 1.29 is 9.53 Å². The Labute approximate surface area is 113 Å². The third-order valence-corrected chi connectivity index (χ3v) is 3.69. The van der Waals surface area contributed by atoms with E-state index in [9.17, 15) is 4.79 Å². The van der Waals surface area contributed by atoms with Gasteiger partial charge in [-0.3, -0.25) is 0 Å². The van der Waals surface area contributed by atoms with Gasteiger partial charge in [0.25, 0.3) is 0 Å². The Hall–Kier alpha value is -1.58. The molecule has 0 N–H and O–H groups in total. The van der Waals surface area contributed by atoms with Gasteiger partial charge >= 0.3 is 5.97 Å². The number of anilines is 1. The topological polar surface area (TPSA) is 42.4 Å². The Balaban J connectivity index is 1.70. The molecule has 1 aromatic heterocycles. The lowest BCUT2D eigenvalue weighted by Gasteiger charge is -2.23. The molecule has 102 valence electrons. The third kappa shape index (κ3) is 3.06. The molecule has 19 heavy (non-hydrogen) atoms. The molecular formula is C15H20N2O2. The fraction of sp³-hybridized carbons (Fsp3) is 0.600. The van der Waals surface area contributed by atoms with Crippen molar-refractivity contribution in [2.75, 3.05) is 18.1 Å². The maximum atomic E-state index is 11.6. The van der Waals surface area contributed by atoms with Crippen LogP contribution in [-0.4, -0.2) is 30.1 Å². The lowest BCUT2D eigenvalue weighted by atomic mass is 10.2. The Kier molecular flexibility index (Phi) is 3.40. The summed E-state index contributed by atoms with van der Waals surface area (Å²) in [6, 6.07) is 4.44. The molecule has 1 heterocycles. The van der Waals surface area contributed by atoms with Crippen LogP contribution in [0.3, 0.4) is 0 Å². The largest absolute Gasteiger partial charge is 0.462 e. The van der Waals surface area contributed by atoms with Gasteiger partial charge in [0.2, 0.25) is 0 Å². The van der Waals surface area contributed by atoms with Crippen LogP contribution in [0.15, 0.2) is 18.3 Å². The van der Waals surface area contributed by atoms with Crippen molar-refractivity contribution in [1.29, 1.82) is 0 Å². The zero-order valence-corrected chi connectivity index (χ0v) is 11.3. The number of aromatic nitrogens is 1. The average molecular weight is 260 g/mol. The van der Waals surface area contributed by atoms with E-state index in [1.165, 1.54) is 25.7 Å². The van der Waals surface area contributed by atoms with Crippen molar-refractivity contribution in [2.45, 2.75) is 38.6 Å². The van der Waals surface area contributed by atoms with E-state index >= 15 is 0 Å². The molecule has 2 aliphatic rings. The molecule has 0 aliphatic heterocycles. The van der Waals surface area contributed by atoms with Gasteiger partial charge in [-0.25, -0.2) is 9.78 Å². The molecule has 0 saturated heterocycles.